The van der Waals surface area contributed by atoms with E-state index in [0.717, 1.165) is 31.4 Å². The van der Waals surface area contributed by atoms with E-state index < -0.39 is 0 Å². The molecule has 21 heavy (non-hydrogen) atoms. The number of carbonyl (C=O) groups excluding carboxylic acids is 1. The molecule has 0 spiro atoms. The highest BCUT2D eigenvalue weighted by Gasteiger charge is 2.23. The molecule has 0 bridgehead atoms. The molecule has 2 heterocycles. The van der Waals surface area contributed by atoms with Gasteiger partial charge < -0.3 is 4.98 Å². The largest absolute Gasteiger partial charge is 0.309 e. The van der Waals surface area contributed by atoms with E-state index in [9.17, 15) is 9.59 Å². The van der Waals surface area contributed by atoms with Crippen LogP contribution in [0.1, 0.15) is 25.6 Å². The van der Waals surface area contributed by atoms with Crippen LogP contribution in [-0.2, 0) is 11.3 Å². The quantitative estimate of drug-likeness (QED) is 0.932. The van der Waals surface area contributed by atoms with Gasteiger partial charge in [-0.25, -0.2) is 4.98 Å². The van der Waals surface area contributed by atoms with E-state index in [1.807, 2.05) is 18.2 Å². The van der Waals surface area contributed by atoms with E-state index in [1.165, 1.54) is 0 Å². The number of ketones is 1. The summed E-state index contributed by atoms with van der Waals surface area (Å²) in [5.41, 5.74) is 0.618. The predicted octanol–water partition coefficient (Wildman–Crippen LogP) is 1.72. The first-order valence-corrected chi connectivity index (χ1v) is 7.34. The Kier molecular flexibility index (Phi) is 3.84. The van der Waals surface area contributed by atoms with Gasteiger partial charge in [0.15, 0.2) is 0 Å². The van der Waals surface area contributed by atoms with Gasteiger partial charge in [0.2, 0.25) is 0 Å². The van der Waals surface area contributed by atoms with Crippen molar-refractivity contribution in [3.8, 4) is 0 Å². The molecule has 1 unspecified atom stereocenters. The molecular weight excluding hydrogens is 266 g/mol. The molecule has 1 atom stereocenters. The Bertz CT molecular complexity index is 723. The van der Waals surface area contributed by atoms with Gasteiger partial charge in [-0.15, -0.1) is 0 Å². The Labute approximate surface area is 123 Å². The lowest BCUT2D eigenvalue weighted by atomic mass is 9.95. The van der Waals surface area contributed by atoms with Gasteiger partial charge in [-0.05, 0) is 38.4 Å². The molecule has 2 aromatic rings. The number of nitrogens with one attached hydrogen (secondary N) is 1. The van der Waals surface area contributed by atoms with E-state index in [-0.39, 0.29) is 17.3 Å². The molecule has 0 saturated carbocycles. The van der Waals surface area contributed by atoms with Crippen LogP contribution in [-0.4, -0.2) is 33.7 Å². The summed E-state index contributed by atoms with van der Waals surface area (Å²) in [6.07, 6.45) is 1.98. The third-order valence-electron chi connectivity index (χ3n) is 4.12. The van der Waals surface area contributed by atoms with Gasteiger partial charge in [-0.2, -0.15) is 0 Å². The standard InChI is InChI=1S/C16H19N3O2/c1-11(20)12-5-4-8-19(9-12)10-15-17-14-7-3-2-6-13(14)16(21)18-15/h2-3,6-7,12H,4-5,8-10H2,1H3,(H,17,18,21). The Morgan fingerprint density at radius 1 is 1.43 bits per heavy atom. The molecule has 1 aromatic carbocycles. The number of Topliss-reactive ketones (excluding diaryl/α,β-unsaturated/α-hetero) is 1. The maximum absolute atomic E-state index is 12.0. The number of likely N-dealkylation sites (tertiary alicyclic amines) is 1. The van der Waals surface area contributed by atoms with Crippen molar-refractivity contribution < 1.29 is 4.79 Å². The van der Waals surface area contributed by atoms with Gasteiger partial charge >= 0.3 is 0 Å². The Morgan fingerprint density at radius 2 is 2.24 bits per heavy atom. The fraction of sp³-hybridized carbons (Fsp3) is 0.438. The van der Waals surface area contributed by atoms with Crippen LogP contribution >= 0.6 is 0 Å². The zero-order chi connectivity index (χ0) is 14.8. The monoisotopic (exact) mass is 285 g/mol. The maximum atomic E-state index is 12.0. The van der Waals surface area contributed by atoms with Crippen LogP contribution in [0.2, 0.25) is 0 Å². The number of piperidine rings is 1. The summed E-state index contributed by atoms with van der Waals surface area (Å²) in [5, 5.41) is 0.613. The fourth-order valence-corrected chi connectivity index (χ4v) is 2.95. The molecule has 3 rings (SSSR count). The van der Waals surface area contributed by atoms with Crippen molar-refractivity contribution in [2.24, 2.45) is 5.92 Å². The second-order valence-electron chi connectivity index (χ2n) is 5.71. The molecule has 1 saturated heterocycles. The Balaban J connectivity index is 1.81. The summed E-state index contributed by atoms with van der Waals surface area (Å²) in [6, 6.07) is 7.34. The first-order chi connectivity index (χ1) is 10.1. The lowest BCUT2D eigenvalue weighted by Crippen LogP contribution is -2.38. The van der Waals surface area contributed by atoms with Crippen LogP contribution in [0.4, 0.5) is 0 Å². The molecule has 110 valence electrons. The molecule has 1 fully saturated rings. The summed E-state index contributed by atoms with van der Waals surface area (Å²) >= 11 is 0. The van der Waals surface area contributed by atoms with Crippen molar-refractivity contribution >= 4 is 16.7 Å². The summed E-state index contributed by atoms with van der Waals surface area (Å²) in [4.78, 5) is 33.1. The number of hydrogen-bond donors (Lipinski definition) is 1. The maximum Gasteiger partial charge on any atom is 0.258 e. The zero-order valence-corrected chi connectivity index (χ0v) is 12.1. The van der Waals surface area contributed by atoms with E-state index in [4.69, 9.17) is 0 Å². The van der Waals surface area contributed by atoms with Gasteiger partial charge in [0.1, 0.15) is 11.6 Å². The van der Waals surface area contributed by atoms with E-state index in [1.54, 1.807) is 13.0 Å². The first-order valence-electron chi connectivity index (χ1n) is 7.34. The number of aromatic nitrogens is 2. The molecule has 1 aromatic heterocycles. The SMILES string of the molecule is CC(=O)C1CCCN(Cc2nc3ccccc3c(=O)[nH]2)C1. The van der Waals surface area contributed by atoms with Gasteiger partial charge in [-0.1, -0.05) is 12.1 Å². The molecule has 1 aliphatic heterocycles. The number of H-pyrrole nitrogens is 1. The second-order valence-corrected chi connectivity index (χ2v) is 5.71. The fourth-order valence-electron chi connectivity index (χ4n) is 2.95. The Hall–Kier alpha value is -2.01. The van der Waals surface area contributed by atoms with Crippen molar-refractivity contribution in [1.82, 2.24) is 14.9 Å². The average Bonchev–Trinajstić information content (AvgIpc) is 2.47. The number of benzene rings is 1. The Morgan fingerprint density at radius 3 is 3.05 bits per heavy atom. The highest BCUT2D eigenvalue weighted by Crippen LogP contribution is 2.18. The number of aromatic amines is 1. The molecule has 0 amide bonds. The minimum atomic E-state index is -0.101. The third-order valence-corrected chi connectivity index (χ3v) is 4.12. The number of hydrogen-bond acceptors (Lipinski definition) is 4. The number of rotatable bonds is 3. The van der Waals surface area contributed by atoms with Crippen LogP contribution in [0.25, 0.3) is 10.9 Å². The zero-order valence-electron chi connectivity index (χ0n) is 12.1. The second kappa shape index (κ2) is 5.77. The number of carbonyl (C=O) groups is 1. The summed E-state index contributed by atoms with van der Waals surface area (Å²) in [6.45, 7) is 3.94. The summed E-state index contributed by atoms with van der Waals surface area (Å²) in [7, 11) is 0. The van der Waals surface area contributed by atoms with Crippen molar-refractivity contribution in [3.63, 3.8) is 0 Å². The molecule has 1 N–H and O–H groups in total. The normalized spacial score (nSPS) is 19.8. The highest BCUT2D eigenvalue weighted by molar-refractivity contribution is 5.78. The van der Waals surface area contributed by atoms with Crippen molar-refractivity contribution in [1.29, 1.82) is 0 Å². The van der Waals surface area contributed by atoms with Crippen LogP contribution in [0.5, 0.6) is 0 Å². The summed E-state index contributed by atoms with van der Waals surface area (Å²) in [5.74, 6) is 1.04. The number of para-hydroxylation sites is 1. The van der Waals surface area contributed by atoms with Crippen molar-refractivity contribution in [3.05, 3.63) is 40.4 Å². The topological polar surface area (TPSA) is 66.1 Å². The minimum absolute atomic E-state index is 0.101. The highest BCUT2D eigenvalue weighted by atomic mass is 16.1. The first kappa shape index (κ1) is 13.9. The summed E-state index contributed by atoms with van der Waals surface area (Å²) < 4.78 is 0. The number of nitrogens with zero attached hydrogens (tertiary/aromatic N) is 2. The molecule has 0 aliphatic carbocycles. The van der Waals surface area contributed by atoms with E-state index in [0.29, 0.717) is 17.8 Å². The predicted molar refractivity (Wildman–Crippen MR) is 81.0 cm³/mol. The van der Waals surface area contributed by atoms with Gasteiger partial charge in [0.05, 0.1) is 17.4 Å². The lowest BCUT2D eigenvalue weighted by Gasteiger charge is -2.30. The lowest BCUT2D eigenvalue weighted by molar-refractivity contribution is -0.122. The van der Waals surface area contributed by atoms with Crippen LogP contribution in [0.3, 0.4) is 0 Å². The molecular formula is C16H19N3O2. The molecule has 5 nitrogen and oxygen atoms in total. The van der Waals surface area contributed by atoms with Crippen LogP contribution in [0, 0.1) is 5.92 Å². The van der Waals surface area contributed by atoms with Gasteiger partial charge in [0, 0.05) is 12.5 Å². The van der Waals surface area contributed by atoms with E-state index >= 15 is 0 Å². The van der Waals surface area contributed by atoms with Gasteiger partial charge in [-0.3, -0.25) is 14.5 Å². The van der Waals surface area contributed by atoms with Gasteiger partial charge in [0.25, 0.3) is 5.56 Å². The van der Waals surface area contributed by atoms with Crippen LogP contribution < -0.4 is 5.56 Å². The number of fused-ring (bicyclic) bond motifs is 1. The minimum Gasteiger partial charge on any atom is -0.309 e. The molecule has 5 heteroatoms. The van der Waals surface area contributed by atoms with Crippen LogP contribution in [0.15, 0.2) is 29.1 Å². The van der Waals surface area contributed by atoms with Crippen molar-refractivity contribution in [2.45, 2.75) is 26.3 Å². The molecule has 1 aliphatic rings. The van der Waals surface area contributed by atoms with Crippen molar-refractivity contribution in [2.75, 3.05) is 13.1 Å². The van der Waals surface area contributed by atoms with E-state index in [2.05, 4.69) is 14.9 Å². The smallest absolute Gasteiger partial charge is 0.258 e. The molecule has 0 radical (unpaired) electrons. The third kappa shape index (κ3) is 3.03. The average molecular weight is 285 g/mol.